The Kier molecular flexibility index (Phi) is 11.4. The molecule has 0 aliphatic heterocycles. The van der Waals surface area contributed by atoms with Crippen molar-refractivity contribution in [2.45, 2.75) is 0 Å². The van der Waals surface area contributed by atoms with Gasteiger partial charge < -0.3 is 39.4 Å². The molecule has 4 N–H and O–H groups in total. The number of esters is 4. The van der Waals surface area contributed by atoms with E-state index in [0.29, 0.717) is 23.0 Å². The first-order valence-corrected chi connectivity index (χ1v) is 15.3. The Bertz CT molecular complexity index is 1830. The van der Waals surface area contributed by atoms with Crippen molar-refractivity contribution in [3.05, 3.63) is 168 Å². The van der Waals surface area contributed by atoms with E-state index in [1.807, 2.05) is 0 Å². The molecule has 12 nitrogen and oxygen atoms in total. The fourth-order valence-electron chi connectivity index (χ4n) is 4.21. The third kappa shape index (κ3) is 10.2. The molecule has 6 aromatic rings. The quantitative estimate of drug-likeness (QED) is 0.0936. The Morgan fingerprint density at radius 3 is 0.577 bits per heavy atom. The lowest BCUT2D eigenvalue weighted by molar-refractivity contribution is 0.0720. The van der Waals surface area contributed by atoms with Crippen LogP contribution in [0.3, 0.4) is 0 Å². The van der Waals surface area contributed by atoms with E-state index in [9.17, 15) is 39.6 Å². The van der Waals surface area contributed by atoms with Gasteiger partial charge in [-0.15, -0.1) is 0 Å². The number of rotatable bonds is 8. The molecule has 0 heterocycles. The van der Waals surface area contributed by atoms with Crippen LogP contribution in [0.5, 0.6) is 46.0 Å². The number of hydrogen-bond donors (Lipinski definition) is 4. The van der Waals surface area contributed by atoms with Crippen LogP contribution in [0.1, 0.15) is 41.4 Å². The minimum Gasteiger partial charge on any atom is -0.508 e. The largest absolute Gasteiger partial charge is 0.508 e. The predicted octanol–water partition coefficient (Wildman–Crippen LogP) is 7.07. The van der Waals surface area contributed by atoms with Crippen LogP contribution >= 0.6 is 0 Å². The highest BCUT2D eigenvalue weighted by molar-refractivity contribution is 5.96. The molecular formula is C40H28O12. The molecule has 0 amide bonds. The number of carbonyl (C=O) groups is 4. The molecule has 12 heteroatoms. The summed E-state index contributed by atoms with van der Waals surface area (Å²) in [5.41, 5.74) is 1.05. The van der Waals surface area contributed by atoms with Crippen molar-refractivity contribution >= 4 is 23.9 Å². The van der Waals surface area contributed by atoms with Crippen molar-refractivity contribution < 1.29 is 58.6 Å². The van der Waals surface area contributed by atoms with Crippen LogP contribution in [-0.2, 0) is 0 Å². The Morgan fingerprint density at radius 2 is 0.423 bits per heavy atom. The monoisotopic (exact) mass is 700 g/mol. The normalized spacial score (nSPS) is 10.2. The van der Waals surface area contributed by atoms with Crippen LogP contribution in [0, 0.1) is 0 Å². The minimum absolute atomic E-state index is 0.0706. The summed E-state index contributed by atoms with van der Waals surface area (Å²) in [4.78, 5) is 48.3. The van der Waals surface area contributed by atoms with E-state index < -0.39 is 23.9 Å². The number of phenolic OH excluding ortho intramolecular Hbond substituents is 4. The van der Waals surface area contributed by atoms with Crippen molar-refractivity contribution in [2.24, 2.45) is 0 Å². The minimum atomic E-state index is -0.589. The van der Waals surface area contributed by atoms with Gasteiger partial charge in [-0.3, -0.25) is 0 Å². The summed E-state index contributed by atoms with van der Waals surface area (Å²) in [6, 6.07) is 34.6. The Balaban J connectivity index is 0.000000201. The SMILES string of the molecule is O=C(Oc1ccc(O)cc1)c1ccc(C(=O)Oc2ccc(O)cc2)cc1.O=C(Oc1ccc(O)cc1)c1ccc(C(=O)Oc2ccc(O)cc2)cc1. The van der Waals surface area contributed by atoms with Crippen LogP contribution in [0.4, 0.5) is 0 Å². The van der Waals surface area contributed by atoms with E-state index >= 15 is 0 Å². The van der Waals surface area contributed by atoms with Gasteiger partial charge in [0.05, 0.1) is 22.3 Å². The zero-order valence-corrected chi connectivity index (χ0v) is 26.9. The molecule has 260 valence electrons. The standard InChI is InChI=1S/2C20H14O6/c2*21-15-5-9-17(10-6-15)25-19(23)13-1-2-14(4-3-13)20(24)26-18-11-7-16(22)8-12-18/h2*1-12,21-22H. The first-order chi connectivity index (χ1) is 25.0. The van der Waals surface area contributed by atoms with Crippen LogP contribution in [0.15, 0.2) is 146 Å². The summed E-state index contributed by atoms with van der Waals surface area (Å²) < 4.78 is 20.7. The molecule has 0 aromatic heterocycles. The van der Waals surface area contributed by atoms with Gasteiger partial charge in [0.1, 0.15) is 46.0 Å². The third-order valence-corrected chi connectivity index (χ3v) is 6.90. The molecule has 0 fully saturated rings. The second-order valence-electron chi connectivity index (χ2n) is 10.7. The Labute approximate surface area is 295 Å². The summed E-state index contributed by atoms with van der Waals surface area (Å²) in [7, 11) is 0. The molecule has 6 rings (SSSR count). The van der Waals surface area contributed by atoms with E-state index in [0.717, 1.165) is 0 Å². The summed E-state index contributed by atoms with van der Waals surface area (Å²) in [6.07, 6.45) is 0. The molecule has 0 radical (unpaired) electrons. The van der Waals surface area contributed by atoms with Crippen LogP contribution in [-0.4, -0.2) is 44.3 Å². The van der Waals surface area contributed by atoms with Gasteiger partial charge in [0, 0.05) is 0 Å². The lowest BCUT2D eigenvalue weighted by Gasteiger charge is -2.06. The number of carbonyl (C=O) groups excluding carboxylic acids is 4. The number of benzene rings is 6. The molecule has 6 aromatic carbocycles. The first-order valence-electron chi connectivity index (χ1n) is 15.3. The number of ether oxygens (including phenoxy) is 4. The molecule has 0 spiro atoms. The average Bonchev–Trinajstić information content (AvgIpc) is 3.15. The summed E-state index contributed by atoms with van der Waals surface area (Å²) in [6.45, 7) is 0. The maximum atomic E-state index is 12.1. The highest BCUT2D eigenvalue weighted by atomic mass is 16.5. The summed E-state index contributed by atoms with van der Waals surface area (Å²) in [5.74, 6) is -0.892. The van der Waals surface area contributed by atoms with E-state index in [1.165, 1.54) is 146 Å². The summed E-state index contributed by atoms with van der Waals surface area (Å²) >= 11 is 0. The fraction of sp³-hybridized carbons (Fsp3) is 0. The lowest BCUT2D eigenvalue weighted by Crippen LogP contribution is -2.11. The molecule has 0 atom stereocenters. The van der Waals surface area contributed by atoms with Gasteiger partial charge in [0.25, 0.3) is 0 Å². The van der Waals surface area contributed by atoms with Crippen molar-refractivity contribution in [3.8, 4) is 46.0 Å². The van der Waals surface area contributed by atoms with Crippen LogP contribution in [0.25, 0.3) is 0 Å². The maximum absolute atomic E-state index is 12.1. The second-order valence-corrected chi connectivity index (χ2v) is 10.7. The topological polar surface area (TPSA) is 186 Å². The number of aromatic hydroxyl groups is 4. The van der Waals surface area contributed by atoms with Gasteiger partial charge in [-0.1, -0.05) is 0 Å². The van der Waals surface area contributed by atoms with E-state index in [4.69, 9.17) is 18.9 Å². The smallest absolute Gasteiger partial charge is 0.343 e. The maximum Gasteiger partial charge on any atom is 0.343 e. The predicted molar refractivity (Wildman–Crippen MR) is 185 cm³/mol. The van der Waals surface area contributed by atoms with Gasteiger partial charge in [0.2, 0.25) is 0 Å². The van der Waals surface area contributed by atoms with Crippen molar-refractivity contribution in [1.29, 1.82) is 0 Å². The Hall–Kier alpha value is -7.60. The Morgan fingerprint density at radius 1 is 0.269 bits per heavy atom. The lowest BCUT2D eigenvalue weighted by atomic mass is 10.1. The van der Waals surface area contributed by atoms with Gasteiger partial charge >= 0.3 is 23.9 Å². The van der Waals surface area contributed by atoms with E-state index in [1.54, 1.807) is 0 Å². The molecule has 0 bridgehead atoms. The average molecular weight is 701 g/mol. The van der Waals surface area contributed by atoms with Crippen molar-refractivity contribution in [1.82, 2.24) is 0 Å². The third-order valence-electron chi connectivity index (χ3n) is 6.90. The number of phenols is 4. The molecule has 52 heavy (non-hydrogen) atoms. The fourth-order valence-corrected chi connectivity index (χ4v) is 4.21. The summed E-state index contributed by atoms with van der Waals surface area (Å²) in [5, 5.41) is 36.9. The molecule has 0 saturated carbocycles. The zero-order valence-electron chi connectivity index (χ0n) is 26.9. The molecule has 0 saturated heterocycles. The van der Waals surface area contributed by atoms with Crippen molar-refractivity contribution in [3.63, 3.8) is 0 Å². The molecule has 0 unspecified atom stereocenters. The van der Waals surface area contributed by atoms with Crippen LogP contribution < -0.4 is 18.9 Å². The highest BCUT2D eigenvalue weighted by Crippen LogP contribution is 2.21. The molecule has 0 aliphatic carbocycles. The number of hydrogen-bond acceptors (Lipinski definition) is 12. The zero-order chi connectivity index (χ0) is 37.0. The van der Waals surface area contributed by atoms with Gasteiger partial charge in [-0.25, -0.2) is 19.2 Å². The highest BCUT2D eigenvalue weighted by Gasteiger charge is 2.14. The van der Waals surface area contributed by atoms with Gasteiger partial charge in [-0.2, -0.15) is 0 Å². The molecule has 0 aliphatic rings. The van der Waals surface area contributed by atoms with E-state index in [2.05, 4.69) is 0 Å². The van der Waals surface area contributed by atoms with Crippen LogP contribution in [0.2, 0.25) is 0 Å². The second kappa shape index (κ2) is 16.7. The van der Waals surface area contributed by atoms with Gasteiger partial charge in [0.15, 0.2) is 0 Å². The van der Waals surface area contributed by atoms with Crippen molar-refractivity contribution in [2.75, 3.05) is 0 Å². The first kappa shape index (κ1) is 35.7. The van der Waals surface area contributed by atoms with Gasteiger partial charge in [-0.05, 0) is 146 Å². The van der Waals surface area contributed by atoms with E-state index in [-0.39, 0.29) is 45.3 Å². The molecular weight excluding hydrogens is 672 g/mol.